The molecule has 3 heterocycles. The van der Waals surface area contributed by atoms with Crippen LogP contribution in [0.2, 0.25) is 0 Å². The molecule has 3 aromatic rings. The van der Waals surface area contributed by atoms with E-state index in [-0.39, 0.29) is 0 Å². The molecular weight excluding hydrogens is 276 g/mol. The van der Waals surface area contributed by atoms with Gasteiger partial charge in [-0.1, -0.05) is 24.6 Å². The molecule has 0 radical (unpaired) electrons. The maximum Gasteiger partial charge on any atom is 0.247 e. The smallest absolute Gasteiger partial charge is 0.247 e. The van der Waals surface area contributed by atoms with E-state index < -0.39 is 0 Å². The van der Waals surface area contributed by atoms with Gasteiger partial charge in [0.1, 0.15) is 5.52 Å². The van der Waals surface area contributed by atoms with Gasteiger partial charge in [0, 0.05) is 13.1 Å². The van der Waals surface area contributed by atoms with Crippen LogP contribution in [0.3, 0.4) is 0 Å². The van der Waals surface area contributed by atoms with Gasteiger partial charge < -0.3 is 4.98 Å². The van der Waals surface area contributed by atoms with Gasteiger partial charge in [0.05, 0.1) is 18.2 Å². The number of hydrogen-bond acceptors (Lipinski definition) is 5. The van der Waals surface area contributed by atoms with Crippen molar-refractivity contribution in [2.24, 2.45) is 0 Å². The third-order valence-corrected chi connectivity index (χ3v) is 3.97. The van der Waals surface area contributed by atoms with Crippen molar-refractivity contribution in [2.45, 2.75) is 19.3 Å². The lowest BCUT2D eigenvalue weighted by molar-refractivity contribution is 0.228. The highest BCUT2D eigenvalue weighted by Crippen LogP contribution is 2.27. The van der Waals surface area contributed by atoms with Crippen LogP contribution < -0.4 is 5.01 Å². The van der Waals surface area contributed by atoms with Crippen molar-refractivity contribution in [1.82, 2.24) is 24.9 Å². The topological polar surface area (TPSA) is 60.9 Å². The van der Waals surface area contributed by atoms with Crippen molar-refractivity contribution in [2.75, 3.05) is 18.1 Å². The van der Waals surface area contributed by atoms with Gasteiger partial charge >= 0.3 is 0 Å². The fourth-order valence-corrected chi connectivity index (χ4v) is 2.88. The van der Waals surface area contributed by atoms with Crippen molar-refractivity contribution in [3.8, 4) is 0 Å². The Morgan fingerprint density at radius 2 is 1.82 bits per heavy atom. The second-order valence-corrected chi connectivity index (χ2v) is 5.47. The number of nitrogens with zero attached hydrogens (tertiary/aromatic N) is 5. The Hall–Kier alpha value is -2.47. The lowest BCUT2D eigenvalue weighted by Gasteiger charge is -2.37. The molecule has 1 N–H and O–H groups in total. The zero-order valence-electron chi connectivity index (χ0n) is 12.3. The number of hydrazine groups is 1. The minimum atomic E-state index is 0.685. The summed E-state index contributed by atoms with van der Waals surface area (Å²) in [7, 11) is 0. The summed E-state index contributed by atoms with van der Waals surface area (Å²) in [4.78, 5) is 16.4. The zero-order chi connectivity index (χ0) is 14.8. The SMILES string of the molecule is c1ccc(N(c2ncc3nc[nH]c3n2)N2CCCCC2)cc1. The van der Waals surface area contributed by atoms with E-state index in [1.54, 1.807) is 12.5 Å². The molecule has 0 unspecified atom stereocenters. The van der Waals surface area contributed by atoms with Crippen LogP contribution in [0.1, 0.15) is 19.3 Å². The maximum atomic E-state index is 4.64. The highest BCUT2D eigenvalue weighted by molar-refractivity contribution is 5.71. The molecule has 0 aliphatic carbocycles. The van der Waals surface area contributed by atoms with E-state index in [0.29, 0.717) is 5.95 Å². The van der Waals surface area contributed by atoms with E-state index in [1.165, 1.54) is 19.3 Å². The van der Waals surface area contributed by atoms with Crippen LogP contribution >= 0.6 is 0 Å². The number of para-hydroxylation sites is 1. The van der Waals surface area contributed by atoms with E-state index in [0.717, 1.165) is 29.9 Å². The van der Waals surface area contributed by atoms with Gasteiger partial charge in [-0.15, -0.1) is 0 Å². The number of rotatable bonds is 3. The predicted molar refractivity (Wildman–Crippen MR) is 85.7 cm³/mol. The number of hydrogen-bond donors (Lipinski definition) is 1. The van der Waals surface area contributed by atoms with Gasteiger partial charge in [-0.2, -0.15) is 4.98 Å². The van der Waals surface area contributed by atoms with Crippen LogP contribution in [-0.2, 0) is 0 Å². The molecule has 1 aliphatic rings. The normalized spacial score (nSPS) is 16.0. The number of H-pyrrole nitrogens is 1. The number of aromatic amines is 1. The van der Waals surface area contributed by atoms with E-state index in [2.05, 4.69) is 42.1 Å². The Labute approximate surface area is 128 Å². The average molecular weight is 294 g/mol. The van der Waals surface area contributed by atoms with Crippen LogP contribution in [0.15, 0.2) is 42.9 Å². The number of fused-ring (bicyclic) bond motifs is 1. The van der Waals surface area contributed by atoms with Crippen LogP contribution in [-0.4, -0.2) is 38.0 Å². The number of anilines is 2. The number of imidazole rings is 1. The van der Waals surface area contributed by atoms with Gasteiger partial charge in [-0.3, -0.25) is 0 Å². The molecule has 1 saturated heterocycles. The molecule has 22 heavy (non-hydrogen) atoms. The molecule has 4 rings (SSSR count). The molecule has 1 fully saturated rings. The molecule has 0 saturated carbocycles. The number of benzene rings is 1. The molecule has 0 bridgehead atoms. The second-order valence-electron chi connectivity index (χ2n) is 5.47. The van der Waals surface area contributed by atoms with Crippen LogP contribution in [0, 0.1) is 0 Å². The van der Waals surface area contributed by atoms with Crippen molar-refractivity contribution in [3.63, 3.8) is 0 Å². The Kier molecular flexibility index (Phi) is 3.44. The number of nitrogens with one attached hydrogen (secondary N) is 1. The van der Waals surface area contributed by atoms with E-state index in [9.17, 15) is 0 Å². The fourth-order valence-electron chi connectivity index (χ4n) is 2.88. The summed E-state index contributed by atoms with van der Waals surface area (Å²) >= 11 is 0. The molecule has 0 amide bonds. The Morgan fingerprint density at radius 3 is 2.64 bits per heavy atom. The Bertz CT molecular complexity index is 747. The third kappa shape index (κ3) is 2.42. The zero-order valence-corrected chi connectivity index (χ0v) is 12.3. The first kappa shape index (κ1) is 13.2. The molecule has 2 aromatic heterocycles. The van der Waals surface area contributed by atoms with Crippen molar-refractivity contribution < 1.29 is 0 Å². The first-order valence-corrected chi connectivity index (χ1v) is 7.68. The predicted octanol–water partition coefficient (Wildman–Crippen LogP) is 2.89. The lowest BCUT2D eigenvalue weighted by Crippen LogP contribution is -2.43. The molecule has 6 nitrogen and oxygen atoms in total. The van der Waals surface area contributed by atoms with Gasteiger partial charge in [0.2, 0.25) is 5.95 Å². The summed E-state index contributed by atoms with van der Waals surface area (Å²) in [6.45, 7) is 2.05. The fraction of sp³-hybridized carbons (Fsp3) is 0.312. The van der Waals surface area contributed by atoms with Crippen LogP contribution in [0.25, 0.3) is 11.2 Å². The average Bonchev–Trinajstić information content (AvgIpc) is 3.05. The van der Waals surface area contributed by atoms with Crippen molar-refractivity contribution >= 4 is 22.8 Å². The van der Waals surface area contributed by atoms with Crippen LogP contribution in [0.5, 0.6) is 0 Å². The molecule has 0 atom stereocenters. The highest BCUT2D eigenvalue weighted by atomic mass is 15.7. The molecule has 6 heteroatoms. The van der Waals surface area contributed by atoms with Gasteiger partial charge in [0.15, 0.2) is 5.65 Å². The first-order valence-electron chi connectivity index (χ1n) is 7.68. The first-order chi connectivity index (χ1) is 10.9. The van der Waals surface area contributed by atoms with E-state index in [1.807, 2.05) is 18.2 Å². The standard InChI is InChI=1S/C16H18N6/c1-3-7-13(8-4-1)22(21-9-5-2-6-10-21)16-17-11-14-15(20-16)19-12-18-14/h1,3-4,7-8,11-12H,2,5-6,9-10H2,(H,17,18,19,20). The minimum absolute atomic E-state index is 0.685. The Morgan fingerprint density at radius 1 is 1.00 bits per heavy atom. The summed E-state index contributed by atoms with van der Waals surface area (Å²) in [5, 5.41) is 4.45. The largest absolute Gasteiger partial charge is 0.329 e. The quantitative estimate of drug-likeness (QED) is 0.805. The Balaban J connectivity index is 1.78. The lowest BCUT2D eigenvalue weighted by atomic mass is 10.1. The molecular formula is C16H18N6. The monoisotopic (exact) mass is 294 g/mol. The highest BCUT2D eigenvalue weighted by Gasteiger charge is 2.22. The molecule has 1 aromatic carbocycles. The van der Waals surface area contributed by atoms with Crippen molar-refractivity contribution in [3.05, 3.63) is 42.9 Å². The molecule has 1 aliphatic heterocycles. The summed E-state index contributed by atoms with van der Waals surface area (Å²) < 4.78 is 0. The summed E-state index contributed by atoms with van der Waals surface area (Å²) in [5.41, 5.74) is 2.64. The van der Waals surface area contributed by atoms with E-state index >= 15 is 0 Å². The number of piperidine rings is 1. The van der Waals surface area contributed by atoms with Gasteiger partial charge in [-0.25, -0.2) is 20.0 Å². The van der Waals surface area contributed by atoms with Gasteiger partial charge in [-0.05, 0) is 25.0 Å². The molecule has 0 spiro atoms. The summed E-state index contributed by atoms with van der Waals surface area (Å²) in [5.74, 6) is 0.685. The summed E-state index contributed by atoms with van der Waals surface area (Å²) in [6, 6.07) is 10.3. The second kappa shape index (κ2) is 5.73. The van der Waals surface area contributed by atoms with Gasteiger partial charge in [0.25, 0.3) is 0 Å². The molecule has 112 valence electrons. The van der Waals surface area contributed by atoms with Crippen LogP contribution in [0.4, 0.5) is 11.6 Å². The maximum absolute atomic E-state index is 4.64. The summed E-state index contributed by atoms with van der Waals surface area (Å²) in [6.07, 6.45) is 7.12. The number of aromatic nitrogens is 4. The third-order valence-electron chi connectivity index (χ3n) is 3.97. The minimum Gasteiger partial charge on any atom is -0.329 e. The van der Waals surface area contributed by atoms with E-state index in [4.69, 9.17) is 0 Å². The van der Waals surface area contributed by atoms with Crippen molar-refractivity contribution in [1.29, 1.82) is 0 Å².